The smallest absolute Gasteiger partial charge is 0.340 e. The van der Waals surface area contributed by atoms with Gasteiger partial charge in [0.1, 0.15) is 18.1 Å². The zero-order valence-corrected chi connectivity index (χ0v) is 40.2. The van der Waals surface area contributed by atoms with E-state index in [-0.39, 0.29) is 96.9 Å². The van der Waals surface area contributed by atoms with Crippen molar-refractivity contribution in [3.63, 3.8) is 0 Å². The Labute approximate surface area is 412 Å². The van der Waals surface area contributed by atoms with Crippen molar-refractivity contribution in [1.29, 1.82) is 0 Å². The molecule has 12 heteroatoms. The SMILES string of the molecule is CC(CO)=C1CCc2ccc3c(c2)C2C#CCC4(C)Oc5ccc6c(CO)c(C(CCO)COCO)c(=O)oc6c5C(OC(=O)CC5CC(c6cccc(Cc7ccccc7)c6)C=CC35CC2)C4OC1=O. The van der Waals surface area contributed by atoms with Gasteiger partial charge in [-0.3, -0.25) is 4.79 Å². The second-order valence-corrected chi connectivity index (χ2v) is 20.1. The van der Waals surface area contributed by atoms with Gasteiger partial charge in [0, 0.05) is 52.7 Å². The van der Waals surface area contributed by atoms with Crippen LogP contribution in [0, 0.1) is 17.8 Å². The van der Waals surface area contributed by atoms with E-state index in [0.29, 0.717) is 23.8 Å². The molecule has 1 spiro atoms. The van der Waals surface area contributed by atoms with Crippen molar-refractivity contribution in [3.05, 3.63) is 169 Å². The van der Waals surface area contributed by atoms with E-state index in [2.05, 4.69) is 78.6 Å². The lowest BCUT2D eigenvalue weighted by Crippen LogP contribution is -2.54. The molecular weight excluding hydrogens is 901 g/mol. The normalized spacial score (nSPS) is 26.7. The Kier molecular flexibility index (Phi) is 13.6. The molecule has 0 radical (unpaired) electrons. The maximum Gasteiger partial charge on any atom is 0.340 e. The second kappa shape index (κ2) is 20.1. The Morgan fingerprint density at radius 3 is 2.55 bits per heavy atom. The first-order valence-corrected chi connectivity index (χ1v) is 24.8. The number of fused-ring (bicyclic) bond motifs is 7. The van der Waals surface area contributed by atoms with Crippen molar-refractivity contribution in [3.8, 4) is 17.6 Å². The van der Waals surface area contributed by atoms with Gasteiger partial charge in [0.25, 0.3) is 0 Å². The average Bonchev–Trinajstić information content (AvgIpc) is 3.37. The lowest BCUT2D eigenvalue weighted by Gasteiger charge is -2.48. The molecule has 368 valence electrons. The summed E-state index contributed by atoms with van der Waals surface area (Å²) in [6, 6.07) is 28.9. The van der Waals surface area contributed by atoms with Gasteiger partial charge in [-0.05, 0) is 121 Å². The quantitative estimate of drug-likeness (QED) is 0.0249. The summed E-state index contributed by atoms with van der Waals surface area (Å²) in [6.45, 7) is 1.38. The number of carbonyl (C=O) groups excluding carboxylic acids is 2. The number of benzene rings is 4. The largest absolute Gasteiger partial charge is 0.482 e. The Bertz CT molecular complexity index is 3050. The van der Waals surface area contributed by atoms with Crippen molar-refractivity contribution in [1.82, 2.24) is 0 Å². The number of aryl methyl sites for hydroxylation is 1. The third-order valence-corrected chi connectivity index (χ3v) is 15.8. The van der Waals surface area contributed by atoms with Gasteiger partial charge in [0.15, 0.2) is 17.8 Å². The van der Waals surface area contributed by atoms with Crippen molar-refractivity contribution in [2.75, 3.05) is 26.6 Å². The highest BCUT2D eigenvalue weighted by Crippen LogP contribution is 2.56. The molecule has 5 heterocycles. The molecule has 4 N–H and O–H groups in total. The summed E-state index contributed by atoms with van der Waals surface area (Å²) in [5.74, 6) is 4.86. The van der Waals surface area contributed by atoms with E-state index in [1.165, 1.54) is 11.1 Å². The monoisotopic (exact) mass is 960 g/mol. The molecule has 0 saturated carbocycles. The van der Waals surface area contributed by atoms with Crippen LogP contribution >= 0.6 is 0 Å². The molecule has 71 heavy (non-hydrogen) atoms. The highest BCUT2D eigenvalue weighted by Gasteiger charge is 2.54. The number of esters is 2. The van der Waals surface area contributed by atoms with Crippen LogP contribution in [0.25, 0.3) is 11.0 Å². The Balaban J connectivity index is 1.16. The summed E-state index contributed by atoms with van der Waals surface area (Å²) in [6.07, 6.45) is 5.67. The van der Waals surface area contributed by atoms with E-state index in [1.54, 1.807) is 26.0 Å². The van der Waals surface area contributed by atoms with Gasteiger partial charge in [0.05, 0.1) is 31.8 Å². The Hall–Kier alpha value is -6.33. The maximum atomic E-state index is 15.3. The molecule has 0 amide bonds. The fourth-order valence-electron chi connectivity index (χ4n) is 12.2. The summed E-state index contributed by atoms with van der Waals surface area (Å²) < 4.78 is 31.8. The molecular formula is C59H60O12. The van der Waals surface area contributed by atoms with Crippen LogP contribution < -0.4 is 10.4 Å². The maximum absolute atomic E-state index is 15.3. The fourth-order valence-corrected chi connectivity index (χ4v) is 12.2. The number of aliphatic hydroxyl groups is 4. The zero-order chi connectivity index (χ0) is 49.4. The van der Waals surface area contributed by atoms with Gasteiger partial charge in [-0.2, -0.15) is 0 Å². The van der Waals surface area contributed by atoms with Crippen LogP contribution in [0.3, 0.4) is 0 Å². The van der Waals surface area contributed by atoms with Gasteiger partial charge in [-0.25, -0.2) is 9.59 Å². The molecule has 11 rings (SSSR count). The summed E-state index contributed by atoms with van der Waals surface area (Å²) in [5, 5.41) is 41.3. The van der Waals surface area contributed by atoms with Crippen LogP contribution in [0.5, 0.6) is 5.75 Å². The Morgan fingerprint density at radius 2 is 1.76 bits per heavy atom. The third kappa shape index (κ3) is 9.04. The number of hydrogen-bond acceptors (Lipinski definition) is 12. The summed E-state index contributed by atoms with van der Waals surface area (Å²) >= 11 is 0. The van der Waals surface area contributed by atoms with E-state index in [1.807, 2.05) is 18.2 Å². The molecule has 8 atom stereocenters. The van der Waals surface area contributed by atoms with Gasteiger partial charge >= 0.3 is 17.6 Å². The topological polar surface area (TPSA) is 182 Å². The lowest BCUT2D eigenvalue weighted by molar-refractivity contribution is -0.190. The molecule has 6 aliphatic rings. The van der Waals surface area contributed by atoms with Gasteiger partial charge in [-0.1, -0.05) is 96.8 Å². The average molecular weight is 961 g/mol. The number of carbonyl (C=O) groups is 2. The molecule has 4 aliphatic heterocycles. The van der Waals surface area contributed by atoms with Crippen LogP contribution in [0.1, 0.15) is 133 Å². The summed E-state index contributed by atoms with van der Waals surface area (Å²) in [4.78, 5) is 44.4. The van der Waals surface area contributed by atoms with E-state index in [0.717, 1.165) is 41.5 Å². The Morgan fingerprint density at radius 1 is 0.930 bits per heavy atom. The van der Waals surface area contributed by atoms with Gasteiger partial charge in [-0.15, -0.1) is 0 Å². The lowest BCUT2D eigenvalue weighted by atomic mass is 9.55. The molecule has 0 saturated heterocycles. The zero-order valence-electron chi connectivity index (χ0n) is 40.2. The minimum absolute atomic E-state index is 0.00459. The van der Waals surface area contributed by atoms with Crippen molar-refractivity contribution in [2.45, 2.75) is 119 Å². The molecule has 2 aliphatic carbocycles. The van der Waals surface area contributed by atoms with Crippen molar-refractivity contribution >= 4 is 22.9 Å². The number of ether oxygens (including phenoxy) is 4. The molecule has 0 fully saturated rings. The van der Waals surface area contributed by atoms with Crippen molar-refractivity contribution in [2.24, 2.45) is 5.92 Å². The van der Waals surface area contributed by atoms with E-state index >= 15 is 4.79 Å². The van der Waals surface area contributed by atoms with E-state index in [9.17, 15) is 30.0 Å². The molecule has 8 unspecified atom stereocenters. The highest BCUT2D eigenvalue weighted by molar-refractivity contribution is 5.90. The summed E-state index contributed by atoms with van der Waals surface area (Å²) in [5.41, 5.74) is 5.08. The standard InChI is InChI=1S/C59H60O12/c1-35(31-61)44-15-13-37-14-17-48-46(28-37)39-12-7-22-58(2)55(70-56(44)65)54(52-49(71-58)18-16-45-47(32-62)51(57(66)69-53(45)52)42(21-25-60)33-67-34-63)68-50(64)30-43-29-41(20-24-59(43,48)23-19-39)40-11-6-10-38(27-40)26-36-8-4-3-5-9-36/h3-6,8-11,14,16-18,20,24,27-28,39,41-43,54-55,60-63H,13,15,19,21-23,25-26,29-34H2,1-2H3. The second-order valence-electron chi connectivity index (χ2n) is 20.1. The first kappa shape index (κ1) is 48.3. The fraction of sp³-hybridized carbons (Fsp3) is 0.407. The van der Waals surface area contributed by atoms with E-state index in [4.69, 9.17) is 23.4 Å². The van der Waals surface area contributed by atoms with Crippen molar-refractivity contribution < 1.29 is 53.4 Å². The van der Waals surface area contributed by atoms with Gasteiger partial charge < -0.3 is 43.8 Å². The van der Waals surface area contributed by atoms with Crippen LogP contribution in [0.4, 0.5) is 0 Å². The third-order valence-electron chi connectivity index (χ3n) is 15.8. The van der Waals surface area contributed by atoms with Crippen LogP contribution in [-0.2, 0) is 48.7 Å². The predicted molar refractivity (Wildman–Crippen MR) is 265 cm³/mol. The molecule has 5 aromatic rings. The first-order chi connectivity index (χ1) is 34.5. The first-order valence-electron chi connectivity index (χ1n) is 24.8. The predicted octanol–water partition coefficient (Wildman–Crippen LogP) is 8.18. The van der Waals surface area contributed by atoms with Crippen LogP contribution in [-0.4, -0.2) is 70.7 Å². The highest BCUT2D eigenvalue weighted by atomic mass is 16.6. The molecule has 4 aromatic carbocycles. The van der Waals surface area contributed by atoms with E-state index < -0.39 is 60.1 Å². The molecule has 12 nitrogen and oxygen atoms in total. The number of allylic oxidation sites excluding steroid dienone is 2. The number of rotatable bonds is 11. The minimum Gasteiger partial charge on any atom is -0.482 e. The minimum atomic E-state index is -1.43. The molecule has 7 bridgehead atoms. The number of aliphatic hydroxyl groups excluding tert-OH is 4. The number of hydrogen-bond donors (Lipinski definition) is 4. The van der Waals surface area contributed by atoms with Crippen LogP contribution in [0.15, 0.2) is 117 Å². The van der Waals surface area contributed by atoms with Crippen LogP contribution in [0.2, 0.25) is 0 Å². The molecule has 1 aromatic heterocycles. The van der Waals surface area contributed by atoms with Gasteiger partial charge in [0.2, 0.25) is 0 Å². The summed E-state index contributed by atoms with van der Waals surface area (Å²) in [7, 11) is 0.